The van der Waals surface area contributed by atoms with Crippen molar-refractivity contribution in [1.29, 1.82) is 0 Å². The smallest absolute Gasteiger partial charge is 0.270 e. The van der Waals surface area contributed by atoms with Crippen molar-refractivity contribution in [2.24, 2.45) is 10.9 Å². The molecule has 3 heterocycles. The lowest BCUT2D eigenvalue weighted by atomic mass is 10.1. The molecule has 1 unspecified atom stereocenters. The van der Waals surface area contributed by atoms with Crippen LogP contribution in [0.25, 0.3) is 0 Å². The Bertz CT molecular complexity index is 688. The fourth-order valence-electron chi connectivity index (χ4n) is 2.93. The molecule has 1 atom stereocenters. The van der Waals surface area contributed by atoms with Crippen molar-refractivity contribution in [3.63, 3.8) is 0 Å². The van der Waals surface area contributed by atoms with Gasteiger partial charge >= 0.3 is 12.0 Å². The molecule has 0 radical (unpaired) electrons. The average molecular weight is 304 g/mol. The molecule has 1 N–H and O–H groups in total. The van der Waals surface area contributed by atoms with E-state index in [0.29, 0.717) is 24.2 Å². The molecule has 1 saturated heterocycles. The Kier molecular flexibility index (Phi) is 3.30. The predicted molar refractivity (Wildman–Crippen MR) is 80.9 cm³/mol. The summed E-state index contributed by atoms with van der Waals surface area (Å²) in [7, 11) is 1.68. The Balaban J connectivity index is 1.99. The number of carbonyl (C=O) groups excluding carboxylic acids is 2. The number of rotatable bonds is 3. The van der Waals surface area contributed by atoms with Gasteiger partial charge in [0.1, 0.15) is 11.4 Å². The third-order valence-corrected chi connectivity index (χ3v) is 4.45. The van der Waals surface area contributed by atoms with Gasteiger partial charge in [0.15, 0.2) is 0 Å². The number of carbonyl (C=O) groups is 2. The molecule has 2 aliphatic rings. The van der Waals surface area contributed by atoms with Crippen molar-refractivity contribution < 1.29 is 14.2 Å². The maximum Gasteiger partial charge on any atom is 0.399 e. The van der Waals surface area contributed by atoms with Crippen LogP contribution in [0.4, 0.5) is 10.7 Å². The van der Waals surface area contributed by atoms with Gasteiger partial charge < -0.3 is 0 Å². The first-order chi connectivity index (χ1) is 10.3. The van der Waals surface area contributed by atoms with Gasteiger partial charge in [-0.15, -0.1) is 0 Å². The molecule has 0 bridgehead atoms. The topological polar surface area (TPSA) is 72.7 Å². The van der Waals surface area contributed by atoms with E-state index in [9.17, 15) is 9.59 Å². The molecule has 1 aromatic heterocycles. The van der Waals surface area contributed by atoms with Crippen LogP contribution in [-0.2, 0) is 4.79 Å². The summed E-state index contributed by atoms with van der Waals surface area (Å²) in [6.07, 6.45) is 0.799. The molecule has 0 saturated carbocycles. The molecule has 7 nitrogen and oxygen atoms in total. The van der Waals surface area contributed by atoms with E-state index in [1.807, 2.05) is 18.4 Å². The van der Waals surface area contributed by atoms with E-state index in [-0.39, 0.29) is 11.9 Å². The second-order valence-electron chi connectivity index (χ2n) is 6.42. The Morgan fingerprint density at radius 1 is 1.32 bits per heavy atom. The fraction of sp³-hybridized carbons (Fsp3) is 0.600. The number of amidine groups is 1. The van der Waals surface area contributed by atoms with E-state index in [1.165, 1.54) is 9.80 Å². The number of aliphatic imine (C=N–C) groups is 1. The van der Waals surface area contributed by atoms with Gasteiger partial charge in [0.25, 0.3) is 5.91 Å². The van der Waals surface area contributed by atoms with Gasteiger partial charge in [-0.05, 0) is 26.2 Å². The number of H-pyrrole nitrogens is 1. The van der Waals surface area contributed by atoms with E-state index in [4.69, 9.17) is 0 Å². The van der Waals surface area contributed by atoms with Crippen molar-refractivity contribution in [2.75, 3.05) is 13.6 Å². The summed E-state index contributed by atoms with van der Waals surface area (Å²) in [6, 6.07) is -0.824. The number of urea groups is 1. The zero-order chi connectivity index (χ0) is 16.2. The van der Waals surface area contributed by atoms with Crippen molar-refractivity contribution in [2.45, 2.75) is 40.2 Å². The zero-order valence-corrected chi connectivity index (χ0v) is 13.7. The maximum atomic E-state index is 12.9. The summed E-state index contributed by atoms with van der Waals surface area (Å²) in [4.78, 5) is 35.8. The SMILES string of the molecule is Cc1[nH]c2[n+](c1C)C1C(=O)N(CCC(C)C)C(=O)N(C)C1=N2. The van der Waals surface area contributed by atoms with Crippen LogP contribution in [0, 0.1) is 19.8 Å². The summed E-state index contributed by atoms with van der Waals surface area (Å²) in [5.74, 6) is 1.39. The highest BCUT2D eigenvalue weighted by molar-refractivity contribution is 6.19. The summed E-state index contributed by atoms with van der Waals surface area (Å²) < 4.78 is 1.89. The second-order valence-corrected chi connectivity index (χ2v) is 6.42. The molecule has 0 aromatic carbocycles. The molecule has 3 rings (SSSR count). The number of aromatic amines is 1. The van der Waals surface area contributed by atoms with E-state index >= 15 is 0 Å². The Morgan fingerprint density at radius 2 is 2.00 bits per heavy atom. The van der Waals surface area contributed by atoms with Crippen LogP contribution >= 0.6 is 0 Å². The number of imide groups is 1. The number of aryl methyl sites for hydroxylation is 1. The first-order valence-corrected chi connectivity index (χ1v) is 7.61. The molecule has 7 heteroatoms. The number of aromatic nitrogens is 2. The van der Waals surface area contributed by atoms with Crippen LogP contribution in [-0.4, -0.2) is 46.2 Å². The number of hydrogen-bond donors (Lipinski definition) is 1. The first kappa shape index (κ1) is 14.7. The van der Waals surface area contributed by atoms with Crippen molar-refractivity contribution in [3.05, 3.63) is 11.4 Å². The highest BCUT2D eigenvalue weighted by Crippen LogP contribution is 2.28. The molecule has 118 valence electrons. The minimum Gasteiger partial charge on any atom is -0.270 e. The average Bonchev–Trinajstić information content (AvgIpc) is 2.94. The Labute approximate surface area is 129 Å². The summed E-state index contributed by atoms with van der Waals surface area (Å²) >= 11 is 0. The highest BCUT2D eigenvalue weighted by atomic mass is 16.2. The molecule has 0 spiro atoms. The normalized spacial score (nSPS) is 20.6. The quantitative estimate of drug-likeness (QED) is 0.858. The van der Waals surface area contributed by atoms with Crippen LogP contribution in [0.5, 0.6) is 0 Å². The van der Waals surface area contributed by atoms with Gasteiger partial charge in [-0.1, -0.05) is 18.8 Å². The van der Waals surface area contributed by atoms with Gasteiger partial charge in [0.05, 0.1) is 0 Å². The van der Waals surface area contributed by atoms with Crippen molar-refractivity contribution in [1.82, 2.24) is 14.8 Å². The summed E-state index contributed by atoms with van der Waals surface area (Å²) in [5.41, 5.74) is 1.96. The van der Waals surface area contributed by atoms with Gasteiger partial charge in [-0.2, -0.15) is 0 Å². The van der Waals surface area contributed by atoms with Crippen LogP contribution in [0.2, 0.25) is 0 Å². The largest absolute Gasteiger partial charge is 0.399 e. The standard InChI is InChI=1S/C15H21N5O2/c1-8(2)6-7-19-13(21)11-12(18(5)15(19)22)17-14-16-9(3)10(4)20(11)14/h8,11H,6-7H2,1-5H3/p+1. The van der Waals surface area contributed by atoms with E-state index in [0.717, 1.165) is 17.8 Å². The summed E-state index contributed by atoms with van der Waals surface area (Å²) in [5, 5.41) is 0. The number of amides is 3. The van der Waals surface area contributed by atoms with E-state index in [2.05, 4.69) is 23.8 Å². The second kappa shape index (κ2) is 4.93. The third-order valence-electron chi connectivity index (χ3n) is 4.45. The van der Waals surface area contributed by atoms with Crippen LogP contribution in [0.1, 0.15) is 37.7 Å². The molecule has 22 heavy (non-hydrogen) atoms. The molecular formula is C15H22N5O2+. The zero-order valence-electron chi connectivity index (χ0n) is 13.7. The highest BCUT2D eigenvalue weighted by Gasteiger charge is 2.52. The van der Waals surface area contributed by atoms with Crippen LogP contribution in [0.3, 0.4) is 0 Å². The number of imidazole rings is 1. The van der Waals surface area contributed by atoms with Crippen LogP contribution in [0.15, 0.2) is 4.99 Å². The number of fused-ring (bicyclic) bond motifs is 3. The number of likely N-dealkylation sites (N-methyl/N-ethyl adjacent to an activating group) is 1. The molecule has 3 amide bonds. The maximum absolute atomic E-state index is 12.9. The third kappa shape index (κ3) is 1.95. The molecule has 1 aromatic rings. The lowest BCUT2D eigenvalue weighted by molar-refractivity contribution is -0.682. The minimum atomic E-state index is -0.533. The van der Waals surface area contributed by atoms with E-state index in [1.54, 1.807) is 7.05 Å². The number of nitrogens with zero attached hydrogens (tertiary/aromatic N) is 4. The van der Waals surface area contributed by atoms with Gasteiger partial charge in [-0.3, -0.25) is 14.6 Å². The van der Waals surface area contributed by atoms with Gasteiger partial charge in [0, 0.05) is 13.6 Å². The van der Waals surface area contributed by atoms with Gasteiger partial charge in [-0.25, -0.2) is 14.3 Å². The monoisotopic (exact) mass is 304 g/mol. The fourth-order valence-corrected chi connectivity index (χ4v) is 2.93. The Morgan fingerprint density at radius 3 is 2.64 bits per heavy atom. The predicted octanol–water partition coefficient (Wildman–Crippen LogP) is 1.44. The van der Waals surface area contributed by atoms with Crippen molar-refractivity contribution >= 4 is 23.7 Å². The lowest BCUT2D eigenvalue weighted by Gasteiger charge is -2.33. The number of hydrogen-bond acceptors (Lipinski definition) is 3. The van der Waals surface area contributed by atoms with E-state index < -0.39 is 6.04 Å². The molecule has 1 fully saturated rings. The summed E-state index contributed by atoms with van der Waals surface area (Å²) in [6.45, 7) is 8.52. The van der Waals surface area contributed by atoms with Crippen molar-refractivity contribution in [3.8, 4) is 0 Å². The minimum absolute atomic E-state index is 0.187. The van der Waals surface area contributed by atoms with Crippen LogP contribution < -0.4 is 4.57 Å². The Hall–Kier alpha value is -2.18. The molecular weight excluding hydrogens is 282 g/mol. The van der Waals surface area contributed by atoms with Gasteiger partial charge in [0.2, 0.25) is 11.9 Å². The molecule has 0 aliphatic carbocycles. The number of nitrogens with one attached hydrogen (secondary N) is 1. The first-order valence-electron chi connectivity index (χ1n) is 7.61. The molecule has 2 aliphatic heterocycles. The lowest BCUT2D eigenvalue weighted by Crippen LogP contribution is -2.63.